The molecule has 0 fully saturated rings. The molecule has 0 spiro atoms. The Hall–Kier alpha value is -1.78. The second-order valence-electron chi connectivity index (χ2n) is 7.01. The van der Waals surface area contributed by atoms with Crippen LogP contribution in [0.4, 0.5) is 10.6 Å². The zero-order valence-electron chi connectivity index (χ0n) is 14.1. The van der Waals surface area contributed by atoms with E-state index in [9.17, 15) is 4.79 Å². The van der Waals surface area contributed by atoms with Gasteiger partial charge in [0.2, 0.25) is 0 Å². The fourth-order valence-corrected chi connectivity index (χ4v) is 1.79. The summed E-state index contributed by atoms with van der Waals surface area (Å²) < 4.78 is 5.11. The molecule has 0 unspecified atom stereocenters. The number of alkyl carbamates (subject to hydrolysis) is 1. The predicted molar refractivity (Wildman–Crippen MR) is 85.4 cm³/mol. The molecule has 0 saturated heterocycles. The Balaban J connectivity index is 2.77. The van der Waals surface area contributed by atoms with Gasteiger partial charge in [-0.2, -0.15) is 0 Å². The van der Waals surface area contributed by atoms with Gasteiger partial charge in [-0.25, -0.2) is 9.78 Å². The Morgan fingerprint density at radius 3 is 2.24 bits per heavy atom. The summed E-state index contributed by atoms with van der Waals surface area (Å²) in [5.41, 5.74) is 0.338. The summed E-state index contributed by atoms with van der Waals surface area (Å²) >= 11 is 0. The van der Waals surface area contributed by atoms with Crippen molar-refractivity contribution >= 4 is 11.9 Å². The molecule has 0 aromatic carbocycles. The smallest absolute Gasteiger partial charge is 0.408 e. The average molecular weight is 293 g/mol. The van der Waals surface area contributed by atoms with Crippen LogP contribution in [0.2, 0.25) is 0 Å². The molecular weight excluding hydrogens is 266 g/mol. The maximum Gasteiger partial charge on any atom is 0.408 e. The first kappa shape index (κ1) is 17.3. The number of ether oxygens (including phenoxy) is 1. The third-order valence-corrected chi connectivity index (χ3v) is 2.75. The van der Waals surface area contributed by atoms with Crippen molar-refractivity contribution in [2.24, 2.45) is 0 Å². The van der Waals surface area contributed by atoms with Crippen molar-refractivity contribution in [1.82, 2.24) is 10.3 Å². The zero-order valence-corrected chi connectivity index (χ0v) is 14.1. The van der Waals surface area contributed by atoms with Crippen LogP contribution in [0.5, 0.6) is 0 Å². The van der Waals surface area contributed by atoms with Crippen LogP contribution in [0.15, 0.2) is 18.3 Å². The number of carbonyl (C=O) groups is 1. The number of amides is 1. The molecule has 0 radical (unpaired) electrons. The number of nitrogens with one attached hydrogen (secondary N) is 2. The number of aromatic nitrogens is 1. The predicted octanol–water partition coefficient (Wildman–Crippen LogP) is 3.66. The van der Waals surface area contributed by atoms with Gasteiger partial charge in [0.25, 0.3) is 0 Å². The summed E-state index contributed by atoms with van der Waals surface area (Å²) in [4.78, 5) is 16.1. The molecule has 1 heterocycles. The molecule has 0 aliphatic heterocycles. The topological polar surface area (TPSA) is 63.2 Å². The SMILES string of the molecule is CC(C)OC(=O)NC(C)(C)c1ccc(NC(C)(C)C)nc1. The van der Waals surface area contributed by atoms with E-state index in [0.717, 1.165) is 11.4 Å². The standard InChI is InChI=1S/C16H27N3O2/c1-11(2)21-14(20)19-16(6,7)12-8-9-13(17-10-12)18-15(3,4)5/h8-11H,1-7H3,(H,17,18)(H,19,20). The molecule has 0 atom stereocenters. The largest absolute Gasteiger partial charge is 0.447 e. The Labute approximate surface area is 127 Å². The van der Waals surface area contributed by atoms with Crippen LogP contribution in [-0.2, 0) is 10.3 Å². The molecule has 5 heteroatoms. The fraction of sp³-hybridized carbons (Fsp3) is 0.625. The Kier molecular flexibility index (Phi) is 5.20. The van der Waals surface area contributed by atoms with Crippen LogP contribution in [-0.4, -0.2) is 22.7 Å². The minimum atomic E-state index is -0.542. The number of anilines is 1. The van der Waals surface area contributed by atoms with Crippen LogP contribution in [0.1, 0.15) is 54.0 Å². The number of carbonyl (C=O) groups excluding carboxylic acids is 1. The summed E-state index contributed by atoms with van der Waals surface area (Å²) in [6.07, 6.45) is 1.20. The van der Waals surface area contributed by atoms with Crippen molar-refractivity contribution in [2.75, 3.05) is 5.32 Å². The van der Waals surface area contributed by atoms with E-state index >= 15 is 0 Å². The molecule has 118 valence electrons. The average Bonchev–Trinajstić information content (AvgIpc) is 2.25. The third kappa shape index (κ3) is 6.02. The minimum Gasteiger partial charge on any atom is -0.447 e. The molecule has 1 aromatic heterocycles. The molecule has 1 rings (SSSR count). The van der Waals surface area contributed by atoms with E-state index in [1.165, 1.54) is 0 Å². The van der Waals surface area contributed by atoms with Gasteiger partial charge >= 0.3 is 6.09 Å². The van der Waals surface area contributed by atoms with Crippen molar-refractivity contribution in [3.63, 3.8) is 0 Å². The highest BCUT2D eigenvalue weighted by Crippen LogP contribution is 2.21. The lowest BCUT2D eigenvalue weighted by Crippen LogP contribution is -2.42. The zero-order chi connectivity index (χ0) is 16.3. The molecule has 0 aliphatic rings. The summed E-state index contributed by atoms with van der Waals surface area (Å²) in [7, 11) is 0. The lowest BCUT2D eigenvalue weighted by Gasteiger charge is -2.27. The summed E-state index contributed by atoms with van der Waals surface area (Å²) in [6, 6.07) is 3.87. The maximum absolute atomic E-state index is 11.7. The van der Waals surface area contributed by atoms with E-state index in [1.54, 1.807) is 6.20 Å². The highest BCUT2D eigenvalue weighted by molar-refractivity contribution is 5.68. The number of hydrogen-bond donors (Lipinski definition) is 2. The van der Waals surface area contributed by atoms with Gasteiger partial charge in [0.15, 0.2) is 0 Å². The van der Waals surface area contributed by atoms with E-state index in [0.29, 0.717) is 0 Å². The molecule has 21 heavy (non-hydrogen) atoms. The van der Waals surface area contributed by atoms with Gasteiger partial charge in [-0.05, 0) is 60.1 Å². The maximum atomic E-state index is 11.7. The van der Waals surface area contributed by atoms with Gasteiger partial charge in [0.05, 0.1) is 11.6 Å². The van der Waals surface area contributed by atoms with E-state index < -0.39 is 11.6 Å². The molecule has 0 bridgehead atoms. The van der Waals surface area contributed by atoms with Gasteiger partial charge in [0, 0.05) is 11.7 Å². The normalized spacial score (nSPS) is 12.2. The van der Waals surface area contributed by atoms with E-state index in [2.05, 4.69) is 36.4 Å². The van der Waals surface area contributed by atoms with Crippen molar-refractivity contribution in [1.29, 1.82) is 0 Å². The third-order valence-electron chi connectivity index (χ3n) is 2.75. The molecule has 1 amide bonds. The number of nitrogens with zero attached hydrogens (tertiary/aromatic N) is 1. The van der Waals surface area contributed by atoms with Gasteiger partial charge in [-0.15, -0.1) is 0 Å². The minimum absolute atomic E-state index is 0.0383. The van der Waals surface area contributed by atoms with Crippen molar-refractivity contribution in [3.05, 3.63) is 23.9 Å². The Morgan fingerprint density at radius 2 is 1.81 bits per heavy atom. The first-order valence-corrected chi connectivity index (χ1v) is 7.23. The second kappa shape index (κ2) is 6.33. The molecule has 5 nitrogen and oxygen atoms in total. The van der Waals surface area contributed by atoms with Crippen LogP contribution in [0, 0.1) is 0 Å². The molecular formula is C16H27N3O2. The van der Waals surface area contributed by atoms with Gasteiger partial charge < -0.3 is 15.4 Å². The summed E-state index contributed by atoms with van der Waals surface area (Å²) in [5, 5.41) is 6.15. The Bertz CT molecular complexity index is 473. The van der Waals surface area contributed by atoms with Crippen LogP contribution < -0.4 is 10.6 Å². The monoisotopic (exact) mass is 293 g/mol. The van der Waals surface area contributed by atoms with E-state index in [4.69, 9.17) is 4.74 Å². The van der Waals surface area contributed by atoms with Crippen molar-refractivity contribution in [3.8, 4) is 0 Å². The molecule has 0 aliphatic carbocycles. The van der Waals surface area contributed by atoms with Crippen LogP contribution in [0.25, 0.3) is 0 Å². The van der Waals surface area contributed by atoms with Gasteiger partial charge in [0.1, 0.15) is 5.82 Å². The summed E-state index contributed by atoms with van der Waals surface area (Å²) in [6.45, 7) is 13.7. The first-order valence-electron chi connectivity index (χ1n) is 7.23. The van der Waals surface area contributed by atoms with E-state index in [1.807, 2.05) is 39.8 Å². The van der Waals surface area contributed by atoms with Crippen molar-refractivity contribution in [2.45, 2.75) is 65.6 Å². The molecule has 1 aromatic rings. The number of hydrogen-bond acceptors (Lipinski definition) is 4. The highest BCUT2D eigenvalue weighted by Gasteiger charge is 2.24. The van der Waals surface area contributed by atoms with E-state index in [-0.39, 0.29) is 11.6 Å². The quantitative estimate of drug-likeness (QED) is 0.889. The molecule has 0 saturated carbocycles. The molecule has 2 N–H and O–H groups in total. The highest BCUT2D eigenvalue weighted by atomic mass is 16.6. The number of rotatable bonds is 4. The van der Waals surface area contributed by atoms with Gasteiger partial charge in [-0.3, -0.25) is 0 Å². The first-order chi connectivity index (χ1) is 9.49. The van der Waals surface area contributed by atoms with Crippen LogP contribution in [0.3, 0.4) is 0 Å². The second-order valence-corrected chi connectivity index (χ2v) is 7.01. The summed E-state index contributed by atoms with van der Waals surface area (Å²) in [5.74, 6) is 0.812. The number of pyridine rings is 1. The van der Waals surface area contributed by atoms with Crippen molar-refractivity contribution < 1.29 is 9.53 Å². The Morgan fingerprint density at radius 1 is 1.19 bits per heavy atom. The van der Waals surface area contributed by atoms with Crippen LogP contribution >= 0.6 is 0 Å². The lowest BCUT2D eigenvalue weighted by atomic mass is 9.96. The lowest BCUT2D eigenvalue weighted by molar-refractivity contribution is 0.107. The fourth-order valence-electron chi connectivity index (χ4n) is 1.79. The van der Waals surface area contributed by atoms with Gasteiger partial charge in [-0.1, -0.05) is 6.07 Å².